The Kier molecular flexibility index (Phi) is 3.30. The number of ether oxygens (including phenoxy) is 1. The van der Waals surface area contributed by atoms with Crippen molar-refractivity contribution in [2.75, 3.05) is 12.8 Å². The van der Waals surface area contributed by atoms with E-state index in [-0.39, 0.29) is 0 Å². The summed E-state index contributed by atoms with van der Waals surface area (Å²) in [5.74, 6) is 0.772. The van der Waals surface area contributed by atoms with E-state index in [4.69, 9.17) is 10.5 Å². The molecule has 17 heavy (non-hydrogen) atoms. The Labute approximate surface area is 100 Å². The average molecular weight is 229 g/mol. The van der Waals surface area contributed by atoms with Gasteiger partial charge in [-0.2, -0.15) is 0 Å². The molecule has 0 aromatic heterocycles. The number of nitrogens with two attached hydrogens (primary N) is 1. The van der Waals surface area contributed by atoms with Crippen LogP contribution in [0.3, 0.4) is 0 Å². The molecule has 0 saturated carbocycles. The van der Waals surface area contributed by atoms with Crippen molar-refractivity contribution < 1.29 is 9.84 Å². The van der Waals surface area contributed by atoms with Gasteiger partial charge in [0, 0.05) is 5.69 Å². The van der Waals surface area contributed by atoms with Crippen LogP contribution in [0.2, 0.25) is 0 Å². The predicted octanol–water partition coefficient (Wildman–Crippen LogP) is 2.36. The number of rotatable bonds is 3. The maximum absolute atomic E-state index is 10.2. The molecule has 0 fully saturated rings. The first-order valence-electron chi connectivity index (χ1n) is 5.38. The minimum absolute atomic E-state index is 0.648. The molecule has 0 bridgehead atoms. The second kappa shape index (κ2) is 4.89. The molecular weight excluding hydrogens is 214 g/mol. The van der Waals surface area contributed by atoms with Crippen molar-refractivity contribution in [2.24, 2.45) is 0 Å². The summed E-state index contributed by atoms with van der Waals surface area (Å²) in [7, 11) is 1.61. The van der Waals surface area contributed by atoms with Crippen molar-refractivity contribution in [2.45, 2.75) is 6.10 Å². The molecule has 0 aliphatic rings. The van der Waals surface area contributed by atoms with Gasteiger partial charge in [0.1, 0.15) is 11.9 Å². The molecule has 2 aromatic carbocycles. The number of aliphatic hydroxyl groups is 1. The quantitative estimate of drug-likeness (QED) is 0.794. The molecular formula is C14H15NO2. The fourth-order valence-electron chi connectivity index (χ4n) is 1.71. The molecule has 0 saturated heterocycles. The lowest BCUT2D eigenvalue weighted by Gasteiger charge is -2.12. The lowest BCUT2D eigenvalue weighted by Crippen LogP contribution is -2.00. The molecule has 2 rings (SSSR count). The summed E-state index contributed by atoms with van der Waals surface area (Å²) in [5, 5.41) is 10.2. The van der Waals surface area contributed by atoms with Crippen LogP contribution in [0.25, 0.3) is 0 Å². The fraction of sp³-hybridized carbons (Fsp3) is 0.143. The summed E-state index contributed by atoms with van der Waals surface area (Å²) in [5.41, 5.74) is 7.94. The first kappa shape index (κ1) is 11.5. The van der Waals surface area contributed by atoms with Gasteiger partial charge in [0.25, 0.3) is 0 Å². The third-order valence-corrected chi connectivity index (χ3v) is 2.66. The highest BCUT2D eigenvalue weighted by Gasteiger charge is 2.10. The largest absolute Gasteiger partial charge is 0.497 e. The molecule has 3 heteroatoms. The summed E-state index contributed by atoms with van der Waals surface area (Å²) < 4.78 is 5.07. The van der Waals surface area contributed by atoms with Crippen molar-refractivity contribution in [1.82, 2.24) is 0 Å². The Bertz CT molecular complexity index is 494. The van der Waals surface area contributed by atoms with Gasteiger partial charge in [-0.25, -0.2) is 0 Å². The standard InChI is InChI=1S/C14H15NO2/c1-17-13-7-5-10(6-8-13)14(16)11-3-2-4-12(15)9-11/h2-9,14,16H,15H2,1H3. The number of hydrogen-bond acceptors (Lipinski definition) is 3. The van der Waals surface area contributed by atoms with Gasteiger partial charge in [-0.1, -0.05) is 24.3 Å². The third kappa shape index (κ3) is 2.57. The molecule has 3 nitrogen and oxygen atoms in total. The monoisotopic (exact) mass is 229 g/mol. The van der Waals surface area contributed by atoms with E-state index in [9.17, 15) is 5.11 Å². The maximum Gasteiger partial charge on any atom is 0.118 e. The SMILES string of the molecule is COc1ccc(C(O)c2cccc(N)c2)cc1. The minimum Gasteiger partial charge on any atom is -0.497 e. The number of hydrogen-bond donors (Lipinski definition) is 2. The van der Waals surface area contributed by atoms with Crippen molar-refractivity contribution in [3.63, 3.8) is 0 Å². The van der Waals surface area contributed by atoms with Crippen LogP contribution in [0, 0.1) is 0 Å². The molecule has 3 N–H and O–H groups in total. The van der Waals surface area contributed by atoms with Gasteiger partial charge in [-0.05, 0) is 35.4 Å². The topological polar surface area (TPSA) is 55.5 Å². The van der Waals surface area contributed by atoms with E-state index in [0.29, 0.717) is 5.69 Å². The van der Waals surface area contributed by atoms with E-state index < -0.39 is 6.10 Å². The second-order valence-corrected chi connectivity index (χ2v) is 3.85. The van der Waals surface area contributed by atoms with E-state index in [2.05, 4.69) is 0 Å². The van der Waals surface area contributed by atoms with E-state index in [0.717, 1.165) is 16.9 Å². The Morgan fingerprint density at radius 2 is 1.76 bits per heavy atom. The van der Waals surface area contributed by atoms with E-state index in [1.54, 1.807) is 19.2 Å². The average Bonchev–Trinajstić information content (AvgIpc) is 2.38. The maximum atomic E-state index is 10.2. The number of anilines is 1. The molecule has 88 valence electrons. The van der Waals surface area contributed by atoms with Crippen molar-refractivity contribution in [3.05, 3.63) is 59.7 Å². The molecule has 2 aromatic rings. The summed E-state index contributed by atoms with van der Waals surface area (Å²) in [4.78, 5) is 0. The Balaban J connectivity index is 2.27. The van der Waals surface area contributed by atoms with Crippen LogP contribution in [-0.2, 0) is 0 Å². The van der Waals surface area contributed by atoms with Crippen LogP contribution >= 0.6 is 0 Å². The molecule has 1 atom stereocenters. The first-order chi connectivity index (χ1) is 8.20. The molecule has 0 heterocycles. The van der Waals surface area contributed by atoms with E-state index >= 15 is 0 Å². The molecule has 0 spiro atoms. The summed E-state index contributed by atoms with van der Waals surface area (Å²) in [6.45, 7) is 0. The Morgan fingerprint density at radius 1 is 1.06 bits per heavy atom. The Morgan fingerprint density at radius 3 is 2.35 bits per heavy atom. The van der Waals surface area contributed by atoms with Crippen LogP contribution < -0.4 is 10.5 Å². The van der Waals surface area contributed by atoms with Crippen LogP contribution in [0.4, 0.5) is 5.69 Å². The molecule has 0 amide bonds. The number of nitrogen functional groups attached to an aromatic ring is 1. The van der Waals surface area contributed by atoms with Crippen molar-refractivity contribution in [1.29, 1.82) is 0 Å². The van der Waals surface area contributed by atoms with Gasteiger partial charge in [0.05, 0.1) is 7.11 Å². The second-order valence-electron chi connectivity index (χ2n) is 3.85. The highest BCUT2D eigenvalue weighted by Crippen LogP contribution is 2.24. The highest BCUT2D eigenvalue weighted by atomic mass is 16.5. The smallest absolute Gasteiger partial charge is 0.118 e. The molecule has 0 aliphatic carbocycles. The number of aliphatic hydroxyl groups excluding tert-OH is 1. The lowest BCUT2D eigenvalue weighted by molar-refractivity contribution is 0.220. The zero-order valence-electron chi connectivity index (χ0n) is 9.63. The highest BCUT2D eigenvalue weighted by molar-refractivity contribution is 5.44. The van der Waals surface area contributed by atoms with Gasteiger partial charge < -0.3 is 15.6 Å². The van der Waals surface area contributed by atoms with Crippen molar-refractivity contribution >= 4 is 5.69 Å². The van der Waals surface area contributed by atoms with Crippen LogP contribution in [-0.4, -0.2) is 12.2 Å². The first-order valence-corrected chi connectivity index (χ1v) is 5.38. The van der Waals surface area contributed by atoms with E-state index in [1.165, 1.54) is 0 Å². The van der Waals surface area contributed by atoms with Gasteiger partial charge in [0.15, 0.2) is 0 Å². The molecule has 0 radical (unpaired) electrons. The van der Waals surface area contributed by atoms with Crippen molar-refractivity contribution in [3.8, 4) is 5.75 Å². The van der Waals surface area contributed by atoms with Crippen LogP contribution in [0.1, 0.15) is 17.2 Å². The fourth-order valence-corrected chi connectivity index (χ4v) is 1.71. The predicted molar refractivity (Wildman–Crippen MR) is 67.9 cm³/mol. The van der Waals surface area contributed by atoms with Gasteiger partial charge >= 0.3 is 0 Å². The minimum atomic E-state index is -0.663. The van der Waals surface area contributed by atoms with Gasteiger partial charge in [-0.3, -0.25) is 0 Å². The summed E-state index contributed by atoms with van der Waals surface area (Å²) >= 11 is 0. The van der Waals surface area contributed by atoms with Crippen LogP contribution in [0.5, 0.6) is 5.75 Å². The zero-order valence-corrected chi connectivity index (χ0v) is 9.63. The number of benzene rings is 2. The van der Waals surface area contributed by atoms with Gasteiger partial charge in [-0.15, -0.1) is 0 Å². The third-order valence-electron chi connectivity index (χ3n) is 2.66. The molecule has 1 unspecified atom stereocenters. The lowest BCUT2D eigenvalue weighted by atomic mass is 10.0. The van der Waals surface area contributed by atoms with Gasteiger partial charge in [0.2, 0.25) is 0 Å². The van der Waals surface area contributed by atoms with Crippen LogP contribution in [0.15, 0.2) is 48.5 Å². The number of methoxy groups -OCH3 is 1. The summed E-state index contributed by atoms with van der Waals surface area (Å²) in [6, 6.07) is 14.6. The summed E-state index contributed by atoms with van der Waals surface area (Å²) in [6.07, 6.45) is -0.663. The zero-order chi connectivity index (χ0) is 12.3. The normalized spacial score (nSPS) is 12.1. The Hall–Kier alpha value is -2.00. The molecule has 0 aliphatic heterocycles. The van der Waals surface area contributed by atoms with E-state index in [1.807, 2.05) is 36.4 Å².